The van der Waals surface area contributed by atoms with Crippen LogP contribution in [0.1, 0.15) is 98.8 Å². The first-order valence-electron chi connectivity index (χ1n) is 8.80. The highest BCUT2D eigenvalue weighted by atomic mass is 32.2. The summed E-state index contributed by atoms with van der Waals surface area (Å²) in [5.74, 6) is 0. The molecule has 0 amide bonds. The standard InChI is InChI=1S/C17H37NO2S/c1-6-8-10-12-14-17(5,15-13-11-9-7-2)18-21(19,20)16(3)4/h16,18H,6-15H2,1-5H3. The second-order valence-electron chi connectivity index (χ2n) is 6.88. The quantitative estimate of drug-likeness (QED) is 0.485. The molecule has 0 bridgehead atoms. The molecule has 0 aliphatic heterocycles. The van der Waals surface area contributed by atoms with Gasteiger partial charge in [-0.1, -0.05) is 65.2 Å². The van der Waals surface area contributed by atoms with Crippen LogP contribution in [0.4, 0.5) is 0 Å². The molecule has 0 aromatic carbocycles. The van der Waals surface area contributed by atoms with Gasteiger partial charge >= 0.3 is 0 Å². The molecule has 0 unspecified atom stereocenters. The minimum absolute atomic E-state index is 0.273. The van der Waals surface area contributed by atoms with Gasteiger partial charge in [-0.2, -0.15) is 0 Å². The summed E-state index contributed by atoms with van der Waals surface area (Å²) in [7, 11) is -3.19. The highest BCUT2D eigenvalue weighted by Gasteiger charge is 2.30. The van der Waals surface area contributed by atoms with Crippen molar-refractivity contribution in [3.05, 3.63) is 0 Å². The highest BCUT2D eigenvalue weighted by Crippen LogP contribution is 2.24. The van der Waals surface area contributed by atoms with Crippen molar-refractivity contribution in [2.75, 3.05) is 0 Å². The van der Waals surface area contributed by atoms with Crippen LogP contribution in [-0.2, 0) is 10.0 Å². The number of unbranched alkanes of at least 4 members (excludes halogenated alkanes) is 6. The molecule has 3 nitrogen and oxygen atoms in total. The second-order valence-corrected chi connectivity index (χ2v) is 9.11. The molecule has 0 aromatic rings. The number of nitrogens with one attached hydrogen (secondary N) is 1. The average Bonchev–Trinajstić information content (AvgIpc) is 2.39. The summed E-state index contributed by atoms with van der Waals surface area (Å²) < 4.78 is 27.4. The smallest absolute Gasteiger partial charge is 0.212 e. The maximum Gasteiger partial charge on any atom is 0.214 e. The van der Waals surface area contributed by atoms with E-state index in [1.165, 1.54) is 38.5 Å². The predicted octanol–water partition coefficient (Wildman–Crippen LogP) is 5.01. The van der Waals surface area contributed by atoms with E-state index in [1.54, 1.807) is 13.8 Å². The van der Waals surface area contributed by atoms with E-state index < -0.39 is 10.0 Å². The van der Waals surface area contributed by atoms with Crippen molar-refractivity contribution in [1.29, 1.82) is 0 Å². The van der Waals surface area contributed by atoms with Gasteiger partial charge in [0.05, 0.1) is 5.25 Å². The topological polar surface area (TPSA) is 46.2 Å². The normalized spacial score (nSPS) is 13.0. The Labute approximate surface area is 133 Å². The SMILES string of the molecule is CCCCCCC(C)(CCCCCC)NS(=O)(=O)C(C)C. The van der Waals surface area contributed by atoms with Gasteiger partial charge in [0.2, 0.25) is 10.0 Å². The third-order valence-corrected chi connectivity index (χ3v) is 6.19. The molecule has 0 aliphatic rings. The lowest BCUT2D eigenvalue weighted by Gasteiger charge is -2.32. The van der Waals surface area contributed by atoms with Gasteiger partial charge in [-0.15, -0.1) is 0 Å². The number of rotatable bonds is 13. The van der Waals surface area contributed by atoms with Gasteiger partial charge in [0.15, 0.2) is 0 Å². The monoisotopic (exact) mass is 319 g/mol. The Morgan fingerprint density at radius 1 is 0.857 bits per heavy atom. The van der Waals surface area contributed by atoms with Crippen LogP contribution in [0.15, 0.2) is 0 Å². The van der Waals surface area contributed by atoms with Crippen LogP contribution in [0.5, 0.6) is 0 Å². The van der Waals surface area contributed by atoms with Crippen LogP contribution in [0.2, 0.25) is 0 Å². The van der Waals surface area contributed by atoms with E-state index in [-0.39, 0.29) is 10.8 Å². The first-order chi connectivity index (χ1) is 9.77. The summed E-state index contributed by atoms with van der Waals surface area (Å²) in [5, 5.41) is -0.358. The zero-order valence-electron chi connectivity index (χ0n) is 14.9. The molecular weight excluding hydrogens is 282 g/mol. The maximum absolute atomic E-state index is 12.2. The molecule has 0 rings (SSSR count). The summed E-state index contributed by atoms with van der Waals surface area (Å²) in [6.07, 6.45) is 11.4. The number of hydrogen-bond acceptors (Lipinski definition) is 2. The molecule has 128 valence electrons. The van der Waals surface area contributed by atoms with Crippen LogP contribution in [0.25, 0.3) is 0 Å². The lowest BCUT2D eigenvalue weighted by atomic mass is 9.89. The summed E-state index contributed by atoms with van der Waals surface area (Å²) in [4.78, 5) is 0. The van der Waals surface area contributed by atoms with E-state index in [9.17, 15) is 8.42 Å². The van der Waals surface area contributed by atoms with Crippen LogP contribution in [0, 0.1) is 0 Å². The fourth-order valence-electron chi connectivity index (χ4n) is 2.57. The zero-order valence-corrected chi connectivity index (χ0v) is 15.7. The van der Waals surface area contributed by atoms with E-state index in [2.05, 4.69) is 25.5 Å². The van der Waals surface area contributed by atoms with Crippen molar-refractivity contribution < 1.29 is 8.42 Å². The molecule has 0 aliphatic carbocycles. The maximum atomic E-state index is 12.2. The van der Waals surface area contributed by atoms with E-state index in [1.807, 2.05) is 0 Å². The lowest BCUT2D eigenvalue weighted by molar-refractivity contribution is 0.331. The molecule has 0 aromatic heterocycles. The number of hydrogen-bond donors (Lipinski definition) is 1. The van der Waals surface area contributed by atoms with Crippen molar-refractivity contribution in [2.45, 2.75) is 110 Å². The first kappa shape index (κ1) is 20.9. The molecule has 0 saturated heterocycles. The van der Waals surface area contributed by atoms with Crippen molar-refractivity contribution in [2.24, 2.45) is 0 Å². The van der Waals surface area contributed by atoms with Crippen molar-refractivity contribution in [3.63, 3.8) is 0 Å². The summed E-state index contributed by atoms with van der Waals surface area (Å²) in [6, 6.07) is 0. The minimum atomic E-state index is -3.19. The molecule has 0 saturated carbocycles. The summed E-state index contributed by atoms with van der Waals surface area (Å²) in [6.45, 7) is 9.98. The van der Waals surface area contributed by atoms with E-state index in [0.717, 1.165) is 25.7 Å². The zero-order chi connectivity index (χ0) is 16.4. The molecule has 0 heterocycles. The fourth-order valence-corrected chi connectivity index (χ4v) is 3.70. The largest absolute Gasteiger partial charge is 0.214 e. The molecule has 0 spiro atoms. The minimum Gasteiger partial charge on any atom is -0.212 e. The van der Waals surface area contributed by atoms with Gasteiger partial charge < -0.3 is 0 Å². The Bertz CT molecular complexity index is 338. The molecular formula is C17H37NO2S. The van der Waals surface area contributed by atoms with E-state index >= 15 is 0 Å². The van der Waals surface area contributed by atoms with Gasteiger partial charge in [0.25, 0.3) is 0 Å². The Hall–Kier alpha value is -0.0900. The molecule has 4 heteroatoms. The third-order valence-electron chi connectivity index (χ3n) is 4.17. The molecule has 0 fully saturated rings. The summed E-state index contributed by atoms with van der Waals surface area (Å²) in [5.41, 5.74) is -0.273. The van der Waals surface area contributed by atoms with Gasteiger partial charge in [-0.3, -0.25) is 0 Å². The Morgan fingerprint density at radius 2 is 1.29 bits per heavy atom. The van der Waals surface area contributed by atoms with Crippen LogP contribution >= 0.6 is 0 Å². The van der Waals surface area contributed by atoms with Crippen LogP contribution < -0.4 is 4.72 Å². The van der Waals surface area contributed by atoms with E-state index in [0.29, 0.717) is 0 Å². The Morgan fingerprint density at radius 3 is 1.62 bits per heavy atom. The van der Waals surface area contributed by atoms with Gasteiger partial charge in [0.1, 0.15) is 0 Å². The van der Waals surface area contributed by atoms with Gasteiger partial charge in [-0.25, -0.2) is 13.1 Å². The average molecular weight is 320 g/mol. The Balaban J connectivity index is 4.58. The van der Waals surface area contributed by atoms with Gasteiger partial charge in [0, 0.05) is 5.54 Å². The van der Waals surface area contributed by atoms with Gasteiger partial charge in [-0.05, 0) is 33.6 Å². The third kappa shape index (κ3) is 9.51. The molecule has 1 N–H and O–H groups in total. The van der Waals surface area contributed by atoms with Crippen molar-refractivity contribution >= 4 is 10.0 Å². The first-order valence-corrected chi connectivity index (χ1v) is 10.3. The van der Waals surface area contributed by atoms with E-state index in [4.69, 9.17) is 0 Å². The predicted molar refractivity (Wildman–Crippen MR) is 93.1 cm³/mol. The number of sulfonamides is 1. The fraction of sp³-hybridized carbons (Fsp3) is 1.00. The lowest BCUT2D eigenvalue weighted by Crippen LogP contribution is -2.48. The molecule has 21 heavy (non-hydrogen) atoms. The summed E-state index contributed by atoms with van der Waals surface area (Å²) >= 11 is 0. The van der Waals surface area contributed by atoms with Crippen LogP contribution in [-0.4, -0.2) is 19.2 Å². The van der Waals surface area contributed by atoms with Crippen LogP contribution in [0.3, 0.4) is 0 Å². The van der Waals surface area contributed by atoms with Crippen molar-refractivity contribution in [1.82, 2.24) is 4.72 Å². The molecule has 0 radical (unpaired) electrons. The molecule has 0 atom stereocenters. The second kappa shape index (κ2) is 10.6. The highest BCUT2D eigenvalue weighted by molar-refractivity contribution is 7.90. The Kier molecular flexibility index (Phi) is 10.6. The van der Waals surface area contributed by atoms with Crippen molar-refractivity contribution in [3.8, 4) is 0 Å².